The maximum absolute atomic E-state index is 14.2. The molecule has 1 saturated carbocycles. The largest absolute Gasteiger partial charge is 0.492 e. The molecular formula is C32H38BrN3O5S. The van der Waals surface area contributed by atoms with Crippen molar-refractivity contribution >= 4 is 43.5 Å². The van der Waals surface area contributed by atoms with Gasteiger partial charge in [-0.3, -0.25) is 13.9 Å². The van der Waals surface area contributed by atoms with Crippen LogP contribution >= 0.6 is 15.9 Å². The van der Waals surface area contributed by atoms with Crippen LogP contribution in [0.3, 0.4) is 0 Å². The normalized spacial score (nSPS) is 14.3. The van der Waals surface area contributed by atoms with E-state index in [0.29, 0.717) is 12.4 Å². The first-order valence-electron chi connectivity index (χ1n) is 14.3. The number of nitrogens with one attached hydrogen (secondary N) is 1. The van der Waals surface area contributed by atoms with Crippen molar-refractivity contribution in [1.29, 1.82) is 0 Å². The number of hydrogen-bond acceptors (Lipinski definition) is 5. The zero-order valence-electron chi connectivity index (χ0n) is 24.3. The molecule has 3 aromatic rings. The van der Waals surface area contributed by atoms with Gasteiger partial charge in [0.25, 0.3) is 10.0 Å². The van der Waals surface area contributed by atoms with Gasteiger partial charge in [-0.05, 0) is 75.6 Å². The Morgan fingerprint density at radius 2 is 1.64 bits per heavy atom. The third-order valence-corrected chi connectivity index (χ3v) is 9.76. The summed E-state index contributed by atoms with van der Waals surface area (Å²) in [5.41, 5.74) is 1.98. The number of amides is 2. The maximum atomic E-state index is 14.2. The topological polar surface area (TPSA) is 96.0 Å². The van der Waals surface area contributed by atoms with E-state index < -0.39 is 28.5 Å². The summed E-state index contributed by atoms with van der Waals surface area (Å²) in [6.07, 6.45) is 3.95. The Hall–Kier alpha value is -3.37. The van der Waals surface area contributed by atoms with Crippen LogP contribution in [-0.4, -0.2) is 50.4 Å². The monoisotopic (exact) mass is 655 g/mol. The molecule has 224 valence electrons. The second kappa shape index (κ2) is 14.2. The Balaban J connectivity index is 1.72. The van der Waals surface area contributed by atoms with Crippen molar-refractivity contribution < 1.29 is 22.7 Å². The number of benzene rings is 3. The first kappa shape index (κ1) is 31.6. The van der Waals surface area contributed by atoms with Crippen LogP contribution < -0.4 is 14.4 Å². The number of hydrogen-bond donors (Lipinski definition) is 1. The predicted molar refractivity (Wildman–Crippen MR) is 168 cm³/mol. The maximum Gasteiger partial charge on any atom is 0.264 e. The average Bonchev–Trinajstić information content (AvgIpc) is 3.49. The van der Waals surface area contributed by atoms with E-state index in [4.69, 9.17) is 4.74 Å². The van der Waals surface area contributed by atoms with Gasteiger partial charge in [0.15, 0.2) is 0 Å². The SMILES string of the molecule is CCOc1ccccc1N(CC(=O)N(Cc1ccc(Br)cc1)[C@@H](C)C(=O)NC1CCCC1)S(=O)(=O)c1ccc(C)cc1. The van der Waals surface area contributed by atoms with Gasteiger partial charge in [-0.15, -0.1) is 0 Å². The summed E-state index contributed by atoms with van der Waals surface area (Å²) < 4.78 is 36.0. The molecule has 1 atom stereocenters. The minimum absolute atomic E-state index is 0.0543. The summed E-state index contributed by atoms with van der Waals surface area (Å²) in [7, 11) is -4.18. The highest BCUT2D eigenvalue weighted by atomic mass is 79.9. The van der Waals surface area contributed by atoms with E-state index in [9.17, 15) is 18.0 Å². The minimum Gasteiger partial charge on any atom is -0.492 e. The molecule has 0 unspecified atom stereocenters. The smallest absolute Gasteiger partial charge is 0.264 e. The van der Waals surface area contributed by atoms with Crippen LogP contribution in [0.5, 0.6) is 5.75 Å². The van der Waals surface area contributed by atoms with Crippen LogP contribution in [0.2, 0.25) is 0 Å². The van der Waals surface area contributed by atoms with E-state index in [1.54, 1.807) is 43.3 Å². The number of anilines is 1. The summed E-state index contributed by atoms with van der Waals surface area (Å²) in [5, 5.41) is 3.09. The number of para-hydroxylation sites is 2. The van der Waals surface area contributed by atoms with E-state index in [1.165, 1.54) is 17.0 Å². The van der Waals surface area contributed by atoms with Gasteiger partial charge in [0.1, 0.15) is 18.3 Å². The lowest BCUT2D eigenvalue weighted by Gasteiger charge is -2.33. The predicted octanol–water partition coefficient (Wildman–Crippen LogP) is 5.83. The first-order chi connectivity index (χ1) is 20.1. The fourth-order valence-corrected chi connectivity index (χ4v) is 6.74. The molecule has 3 aromatic carbocycles. The molecule has 0 bridgehead atoms. The van der Waals surface area contributed by atoms with Gasteiger partial charge in [-0.2, -0.15) is 0 Å². The summed E-state index contributed by atoms with van der Waals surface area (Å²) in [6.45, 7) is 5.31. The van der Waals surface area contributed by atoms with Crippen molar-refractivity contribution in [2.75, 3.05) is 17.5 Å². The fraction of sp³-hybridized carbons (Fsp3) is 0.375. The van der Waals surface area contributed by atoms with Crippen molar-refractivity contribution in [2.24, 2.45) is 0 Å². The highest BCUT2D eigenvalue weighted by molar-refractivity contribution is 9.10. The number of ether oxygens (including phenoxy) is 1. The standard InChI is InChI=1S/C32H38BrN3O5S/c1-4-41-30-12-8-7-11-29(30)36(42(39,40)28-19-13-23(2)14-20-28)22-31(37)35(21-25-15-17-26(33)18-16-25)24(3)32(38)34-27-9-5-6-10-27/h7-8,11-20,24,27H,4-6,9-10,21-22H2,1-3H3,(H,34,38)/t24-/m0/s1. The van der Waals surface area contributed by atoms with Crippen LogP contribution in [0.15, 0.2) is 82.2 Å². The average molecular weight is 657 g/mol. The number of sulfonamides is 1. The number of carbonyl (C=O) groups is 2. The van der Waals surface area contributed by atoms with Gasteiger partial charge in [-0.1, -0.05) is 70.7 Å². The molecule has 1 aliphatic rings. The van der Waals surface area contributed by atoms with Crippen molar-refractivity contribution in [1.82, 2.24) is 10.2 Å². The number of aryl methyl sites for hydroxylation is 1. The van der Waals surface area contributed by atoms with Gasteiger partial charge in [0.2, 0.25) is 11.8 Å². The van der Waals surface area contributed by atoms with Crippen LogP contribution in [0.25, 0.3) is 0 Å². The first-order valence-corrected chi connectivity index (χ1v) is 16.5. The fourth-order valence-electron chi connectivity index (χ4n) is 5.05. The lowest BCUT2D eigenvalue weighted by atomic mass is 10.1. The van der Waals surface area contributed by atoms with Crippen LogP contribution in [0.1, 0.15) is 50.7 Å². The molecule has 10 heteroatoms. The molecule has 2 amide bonds. The molecule has 42 heavy (non-hydrogen) atoms. The molecule has 0 heterocycles. The van der Waals surface area contributed by atoms with E-state index in [2.05, 4.69) is 21.2 Å². The second-order valence-corrected chi connectivity index (χ2v) is 13.3. The Labute approximate surface area is 257 Å². The van der Waals surface area contributed by atoms with E-state index in [0.717, 1.165) is 45.6 Å². The minimum atomic E-state index is -4.18. The second-order valence-electron chi connectivity index (χ2n) is 10.5. The van der Waals surface area contributed by atoms with E-state index in [-0.39, 0.29) is 29.1 Å². The van der Waals surface area contributed by atoms with Gasteiger partial charge in [0, 0.05) is 17.1 Å². The van der Waals surface area contributed by atoms with Gasteiger partial charge < -0.3 is 15.0 Å². The molecule has 0 aliphatic heterocycles. The third kappa shape index (κ3) is 7.72. The third-order valence-electron chi connectivity index (χ3n) is 7.46. The molecule has 1 aliphatic carbocycles. The summed E-state index contributed by atoms with van der Waals surface area (Å²) in [5.74, 6) is -0.418. The van der Waals surface area contributed by atoms with E-state index in [1.807, 2.05) is 38.1 Å². The molecule has 0 spiro atoms. The molecule has 1 N–H and O–H groups in total. The van der Waals surface area contributed by atoms with Crippen molar-refractivity contribution in [3.8, 4) is 5.75 Å². The summed E-state index contributed by atoms with van der Waals surface area (Å²) >= 11 is 3.44. The highest BCUT2D eigenvalue weighted by Gasteiger charge is 2.34. The zero-order chi connectivity index (χ0) is 30.3. The molecule has 4 rings (SSSR count). The number of carbonyl (C=O) groups excluding carboxylic acids is 2. The van der Waals surface area contributed by atoms with Crippen LogP contribution in [0, 0.1) is 6.92 Å². The molecule has 0 radical (unpaired) electrons. The quantitative estimate of drug-likeness (QED) is 0.265. The van der Waals surface area contributed by atoms with Crippen LogP contribution in [-0.2, 0) is 26.2 Å². The Bertz CT molecular complexity index is 1470. The van der Waals surface area contributed by atoms with Crippen molar-refractivity contribution in [3.05, 3.63) is 88.4 Å². The summed E-state index contributed by atoms with van der Waals surface area (Å²) in [6, 6.07) is 20.0. The lowest BCUT2D eigenvalue weighted by molar-refractivity contribution is -0.139. The Morgan fingerprint density at radius 3 is 2.29 bits per heavy atom. The summed E-state index contributed by atoms with van der Waals surface area (Å²) in [4.78, 5) is 29.0. The molecule has 0 aromatic heterocycles. The molecular weight excluding hydrogens is 618 g/mol. The molecule has 8 nitrogen and oxygen atoms in total. The van der Waals surface area contributed by atoms with Gasteiger partial charge in [0.05, 0.1) is 17.2 Å². The van der Waals surface area contributed by atoms with E-state index >= 15 is 0 Å². The number of rotatable bonds is 12. The van der Waals surface area contributed by atoms with Gasteiger partial charge in [-0.25, -0.2) is 8.42 Å². The van der Waals surface area contributed by atoms with Crippen molar-refractivity contribution in [2.45, 2.75) is 70.0 Å². The van der Waals surface area contributed by atoms with Gasteiger partial charge >= 0.3 is 0 Å². The Kier molecular flexibility index (Phi) is 10.7. The molecule has 1 fully saturated rings. The number of nitrogens with zero attached hydrogens (tertiary/aromatic N) is 2. The molecule has 0 saturated heterocycles. The highest BCUT2D eigenvalue weighted by Crippen LogP contribution is 2.33. The Morgan fingerprint density at radius 1 is 1.00 bits per heavy atom. The van der Waals surface area contributed by atoms with Crippen LogP contribution in [0.4, 0.5) is 5.69 Å². The van der Waals surface area contributed by atoms with Crippen molar-refractivity contribution in [3.63, 3.8) is 0 Å². The lowest BCUT2D eigenvalue weighted by Crippen LogP contribution is -2.52. The zero-order valence-corrected chi connectivity index (χ0v) is 26.7. The number of halogens is 1.